The van der Waals surface area contributed by atoms with Gasteiger partial charge in [0.05, 0.1) is 12.5 Å². The lowest BCUT2D eigenvalue weighted by atomic mass is 10.1. The number of carbonyl (C=O) groups is 2. The Morgan fingerprint density at radius 3 is 2.28 bits per heavy atom. The molecule has 0 aliphatic rings. The molecule has 0 atom stereocenters. The largest absolute Gasteiger partial charge is 0.352 e. The fourth-order valence-corrected chi connectivity index (χ4v) is 2.38. The van der Waals surface area contributed by atoms with Crippen LogP contribution in [0.15, 0.2) is 48.5 Å². The van der Waals surface area contributed by atoms with Crippen molar-refractivity contribution < 1.29 is 9.59 Å². The van der Waals surface area contributed by atoms with Crippen molar-refractivity contribution in [1.29, 1.82) is 5.26 Å². The van der Waals surface area contributed by atoms with Gasteiger partial charge in [0, 0.05) is 31.3 Å². The van der Waals surface area contributed by atoms with E-state index in [0.29, 0.717) is 18.7 Å². The second kappa shape index (κ2) is 8.65. The second-order valence-electron chi connectivity index (χ2n) is 5.81. The monoisotopic (exact) mass is 335 g/mol. The van der Waals surface area contributed by atoms with Gasteiger partial charge in [0.25, 0.3) is 5.91 Å². The lowest BCUT2D eigenvalue weighted by Crippen LogP contribution is -2.31. The molecule has 2 aromatic carbocycles. The zero-order chi connectivity index (χ0) is 18.2. The van der Waals surface area contributed by atoms with Gasteiger partial charge in [-0.15, -0.1) is 0 Å². The van der Waals surface area contributed by atoms with Crippen molar-refractivity contribution in [3.05, 3.63) is 65.2 Å². The average molecular weight is 335 g/mol. The quantitative estimate of drug-likeness (QED) is 0.881. The number of benzene rings is 2. The van der Waals surface area contributed by atoms with E-state index in [9.17, 15) is 9.59 Å². The number of nitriles is 1. The van der Waals surface area contributed by atoms with Crippen LogP contribution >= 0.6 is 0 Å². The second-order valence-corrected chi connectivity index (χ2v) is 5.81. The molecule has 0 aliphatic heterocycles. The molecule has 0 aromatic heterocycles. The van der Waals surface area contributed by atoms with Gasteiger partial charge in [-0.05, 0) is 36.8 Å². The SMILES string of the molecule is CC(=O)NCc1ccc(C(=O)N(CCC#N)c2ccc(C)cc2)cc1. The minimum atomic E-state index is -0.148. The van der Waals surface area contributed by atoms with Crippen LogP contribution in [0.4, 0.5) is 5.69 Å². The number of amides is 2. The number of carbonyl (C=O) groups excluding carboxylic acids is 2. The molecule has 2 rings (SSSR count). The first-order valence-electron chi connectivity index (χ1n) is 8.10. The Hall–Kier alpha value is -3.13. The highest BCUT2D eigenvalue weighted by Crippen LogP contribution is 2.19. The lowest BCUT2D eigenvalue weighted by molar-refractivity contribution is -0.119. The van der Waals surface area contributed by atoms with E-state index in [1.807, 2.05) is 43.3 Å². The predicted octanol–water partition coefficient (Wildman–Crippen LogP) is 3.19. The molecule has 25 heavy (non-hydrogen) atoms. The maximum Gasteiger partial charge on any atom is 0.258 e. The van der Waals surface area contributed by atoms with Crippen LogP contribution in [0, 0.1) is 18.3 Å². The molecule has 2 amide bonds. The summed E-state index contributed by atoms with van der Waals surface area (Å²) < 4.78 is 0. The van der Waals surface area contributed by atoms with Crippen LogP contribution < -0.4 is 10.2 Å². The van der Waals surface area contributed by atoms with Crippen molar-refractivity contribution in [3.63, 3.8) is 0 Å². The summed E-state index contributed by atoms with van der Waals surface area (Å²) in [5.41, 5.74) is 3.35. The van der Waals surface area contributed by atoms with Gasteiger partial charge >= 0.3 is 0 Å². The molecule has 0 fully saturated rings. The molecule has 0 bridgehead atoms. The third-order valence-electron chi connectivity index (χ3n) is 3.78. The molecule has 0 unspecified atom stereocenters. The van der Waals surface area contributed by atoms with Crippen molar-refractivity contribution in [1.82, 2.24) is 5.32 Å². The predicted molar refractivity (Wildman–Crippen MR) is 97.0 cm³/mol. The van der Waals surface area contributed by atoms with Gasteiger partial charge in [0.2, 0.25) is 5.91 Å². The third-order valence-corrected chi connectivity index (χ3v) is 3.78. The first-order chi connectivity index (χ1) is 12.0. The Bertz CT molecular complexity index is 774. The van der Waals surface area contributed by atoms with Crippen molar-refractivity contribution in [2.45, 2.75) is 26.8 Å². The Morgan fingerprint density at radius 2 is 1.72 bits per heavy atom. The number of anilines is 1. The normalized spacial score (nSPS) is 9.96. The molecule has 0 radical (unpaired) electrons. The molecule has 0 heterocycles. The van der Waals surface area contributed by atoms with E-state index < -0.39 is 0 Å². The minimum Gasteiger partial charge on any atom is -0.352 e. The fraction of sp³-hybridized carbons (Fsp3) is 0.250. The maximum absolute atomic E-state index is 12.9. The van der Waals surface area contributed by atoms with Gasteiger partial charge in [-0.1, -0.05) is 29.8 Å². The van der Waals surface area contributed by atoms with E-state index in [4.69, 9.17) is 5.26 Å². The van der Waals surface area contributed by atoms with Crippen LogP contribution in [0.5, 0.6) is 0 Å². The van der Waals surface area contributed by atoms with E-state index in [-0.39, 0.29) is 18.2 Å². The van der Waals surface area contributed by atoms with Gasteiger partial charge in [0.15, 0.2) is 0 Å². The van der Waals surface area contributed by atoms with Crippen LogP contribution in [0.2, 0.25) is 0 Å². The van der Waals surface area contributed by atoms with Gasteiger partial charge < -0.3 is 10.2 Å². The number of nitrogens with zero attached hydrogens (tertiary/aromatic N) is 2. The van der Waals surface area contributed by atoms with Crippen LogP contribution in [0.25, 0.3) is 0 Å². The fourth-order valence-electron chi connectivity index (χ4n) is 2.38. The van der Waals surface area contributed by atoms with E-state index in [0.717, 1.165) is 16.8 Å². The summed E-state index contributed by atoms with van der Waals surface area (Å²) >= 11 is 0. The van der Waals surface area contributed by atoms with Crippen LogP contribution in [-0.4, -0.2) is 18.4 Å². The highest BCUT2D eigenvalue weighted by molar-refractivity contribution is 6.06. The zero-order valence-electron chi connectivity index (χ0n) is 14.5. The van der Waals surface area contributed by atoms with Crippen LogP contribution in [-0.2, 0) is 11.3 Å². The zero-order valence-corrected chi connectivity index (χ0v) is 14.5. The van der Waals surface area contributed by atoms with E-state index >= 15 is 0 Å². The first kappa shape index (κ1) is 18.2. The summed E-state index contributed by atoms with van der Waals surface area (Å²) in [5.74, 6) is -0.243. The Balaban J connectivity index is 2.19. The average Bonchev–Trinajstić information content (AvgIpc) is 2.62. The number of nitrogens with one attached hydrogen (secondary N) is 1. The van der Waals surface area contributed by atoms with Gasteiger partial charge in [-0.2, -0.15) is 5.26 Å². The molecular weight excluding hydrogens is 314 g/mol. The molecule has 0 spiro atoms. The third kappa shape index (κ3) is 5.18. The van der Waals surface area contributed by atoms with Crippen LogP contribution in [0.1, 0.15) is 34.8 Å². The minimum absolute atomic E-state index is 0.0952. The number of hydrogen-bond donors (Lipinski definition) is 1. The molecule has 5 nitrogen and oxygen atoms in total. The maximum atomic E-state index is 12.9. The highest BCUT2D eigenvalue weighted by atomic mass is 16.2. The summed E-state index contributed by atoms with van der Waals surface area (Å²) in [5, 5.41) is 11.6. The van der Waals surface area contributed by atoms with Gasteiger partial charge in [-0.3, -0.25) is 9.59 Å². The van der Waals surface area contributed by atoms with E-state index in [1.54, 1.807) is 17.0 Å². The Labute approximate surface area is 147 Å². The molecule has 2 aromatic rings. The topological polar surface area (TPSA) is 73.2 Å². The summed E-state index contributed by atoms with van der Waals surface area (Å²) in [6.07, 6.45) is 0.264. The summed E-state index contributed by atoms with van der Waals surface area (Å²) in [4.78, 5) is 25.4. The van der Waals surface area contributed by atoms with Crippen molar-refractivity contribution in [2.24, 2.45) is 0 Å². The molecular formula is C20H21N3O2. The smallest absolute Gasteiger partial charge is 0.258 e. The highest BCUT2D eigenvalue weighted by Gasteiger charge is 2.17. The summed E-state index contributed by atoms with van der Waals surface area (Å²) in [7, 11) is 0. The van der Waals surface area contributed by atoms with Crippen LogP contribution in [0.3, 0.4) is 0 Å². The number of aryl methyl sites for hydroxylation is 1. The van der Waals surface area contributed by atoms with Crippen molar-refractivity contribution >= 4 is 17.5 Å². The Morgan fingerprint density at radius 1 is 1.08 bits per heavy atom. The van der Waals surface area contributed by atoms with Crippen molar-refractivity contribution in [3.8, 4) is 6.07 Å². The standard InChI is InChI=1S/C20H21N3O2/c1-15-4-10-19(11-5-15)23(13-3-12-21)20(25)18-8-6-17(7-9-18)14-22-16(2)24/h4-11H,3,13-14H2,1-2H3,(H,22,24). The molecule has 128 valence electrons. The number of hydrogen-bond acceptors (Lipinski definition) is 3. The molecule has 1 N–H and O–H groups in total. The lowest BCUT2D eigenvalue weighted by Gasteiger charge is -2.22. The Kier molecular flexibility index (Phi) is 6.30. The molecule has 5 heteroatoms. The van der Waals surface area contributed by atoms with Gasteiger partial charge in [-0.25, -0.2) is 0 Å². The van der Waals surface area contributed by atoms with Gasteiger partial charge in [0.1, 0.15) is 0 Å². The van der Waals surface area contributed by atoms with E-state index in [2.05, 4.69) is 11.4 Å². The van der Waals surface area contributed by atoms with Crippen molar-refractivity contribution in [2.75, 3.05) is 11.4 Å². The summed E-state index contributed by atoms with van der Waals surface area (Å²) in [6, 6.07) is 16.9. The summed E-state index contributed by atoms with van der Waals surface area (Å²) in [6.45, 7) is 4.22. The molecule has 0 saturated carbocycles. The number of rotatable bonds is 6. The molecule has 0 aliphatic carbocycles. The first-order valence-corrected chi connectivity index (χ1v) is 8.10. The molecule has 0 saturated heterocycles. The van der Waals surface area contributed by atoms with E-state index in [1.165, 1.54) is 6.92 Å².